The van der Waals surface area contributed by atoms with E-state index in [4.69, 9.17) is 5.11 Å². The van der Waals surface area contributed by atoms with E-state index in [-0.39, 0.29) is 0 Å². The second-order valence-corrected chi connectivity index (χ2v) is 1.28. The zero-order valence-corrected chi connectivity index (χ0v) is 4.10. The van der Waals surface area contributed by atoms with E-state index in [1.54, 1.807) is 0 Å². The van der Waals surface area contributed by atoms with Crippen molar-refractivity contribution < 1.29 is 18.7 Å². The van der Waals surface area contributed by atoms with Crippen molar-refractivity contribution in [3.63, 3.8) is 0 Å². The fourth-order valence-corrected chi connectivity index (χ4v) is 0.219. The third kappa shape index (κ3) is 2.49. The molecule has 0 saturated carbocycles. The SMILES string of the molecule is O=C(O)C(F)CCF. The highest BCUT2D eigenvalue weighted by atomic mass is 19.1. The van der Waals surface area contributed by atoms with E-state index < -0.39 is 25.2 Å². The van der Waals surface area contributed by atoms with E-state index in [0.29, 0.717) is 0 Å². The number of carboxylic acids is 1. The molecule has 2 nitrogen and oxygen atoms in total. The van der Waals surface area contributed by atoms with Gasteiger partial charge in [0.25, 0.3) is 0 Å². The molecule has 0 heterocycles. The van der Waals surface area contributed by atoms with E-state index in [2.05, 4.69) is 0 Å². The van der Waals surface area contributed by atoms with Gasteiger partial charge in [-0.05, 0) is 0 Å². The number of aliphatic carboxylic acids is 1. The summed E-state index contributed by atoms with van der Waals surface area (Å²) in [7, 11) is 0. The van der Waals surface area contributed by atoms with Gasteiger partial charge in [0.05, 0.1) is 6.67 Å². The van der Waals surface area contributed by atoms with Gasteiger partial charge in [0, 0.05) is 6.42 Å². The molecule has 1 N–H and O–H groups in total. The highest BCUT2D eigenvalue weighted by Gasteiger charge is 2.13. The van der Waals surface area contributed by atoms with Crippen LogP contribution in [-0.2, 0) is 4.79 Å². The van der Waals surface area contributed by atoms with Crippen molar-refractivity contribution in [1.29, 1.82) is 0 Å². The minimum Gasteiger partial charge on any atom is -0.479 e. The van der Waals surface area contributed by atoms with Gasteiger partial charge in [-0.3, -0.25) is 4.39 Å². The molecule has 0 radical (unpaired) electrons. The van der Waals surface area contributed by atoms with Crippen LogP contribution in [0.3, 0.4) is 0 Å². The minimum absolute atomic E-state index is 0.546. The van der Waals surface area contributed by atoms with Gasteiger partial charge in [0.2, 0.25) is 0 Å². The molecule has 8 heavy (non-hydrogen) atoms. The second-order valence-electron chi connectivity index (χ2n) is 1.28. The van der Waals surface area contributed by atoms with Crippen molar-refractivity contribution >= 4 is 5.97 Å². The van der Waals surface area contributed by atoms with Gasteiger partial charge < -0.3 is 5.11 Å². The largest absolute Gasteiger partial charge is 0.479 e. The van der Waals surface area contributed by atoms with E-state index in [9.17, 15) is 13.6 Å². The van der Waals surface area contributed by atoms with Crippen molar-refractivity contribution in [2.45, 2.75) is 12.6 Å². The lowest BCUT2D eigenvalue weighted by Gasteiger charge is -1.94. The van der Waals surface area contributed by atoms with Gasteiger partial charge in [0.15, 0.2) is 6.17 Å². The van der Waals surface area contributed by atoms with Crippen LogP contribution in [0.15, 0.2) is 0 Å². The molecule has 1 atom stereocenters. The molecule has 0 aliphatic rings. The van der Waals surface area contributed by atoms with Crippen LogP contribution in [0.5, 0.6) is 0 Å². The fourth-order valence-electron chi connectivity index (χ4n) is 0.219. The van der Waals surface area contributed by atoms with Crippen LogP contribution < -0.4 is 0 Å². The normalized spacial score (nSPS) is 13.2. The standard InChI is InChI=1S/C4H6F2O2/c5-2-1-3(6)4(7)8/h3H,1-2H2,(H,7,8). The van der Waals surface area contributed by atoms with Crippen LogP contribution in [0.25, 0.3) is 0 Å². The smallest absolute Gasteiger partial charge is 0.338 e. The summed E-state index contributed by atoms with van der Waals surface area (Å²) in [6.45, 7) is -0.923. The molecule has 0 amide bonds. The number of halogens is 2. The van der Waals surface area contributed by atoms with Crippen LogP contribution in [0.4, 0.5) is 8.78 Å². The summed E-state index contributed by atoms with van der Waals surface area (Å²) in [5.41, 5.74) is 0. The van der Waals surface area contributed by atoms with Crippen molar-refractivity contribution in [1.82, 2.24) is 0 Å². The lowest BCUT2D eigenvalue weighted by atomic mass is 10.3. The highest BCUT2D eigenvalue weighted by Crippen LogP contribution is 1.96. The summed E-state index contributed by atoms with van der Waals surface area (Å²) in [5.74, 6) is -1.59. The average molecular weight is 124 g/mol. The minimum atomic E-state index is -2.04. The summed E-state index contributed by atoms with van der Waals surface area (Å²) in [5, 5.41) is 7.77. The Morgan fingerprint density at radius 2 is 2.25 bits per heavy atom. The van der Waals surface area contributed by atoms with Crippen molar-refractivity contribution in [2.75, 3.05) is 6.67 Å². The first-order chi connectivity index (χ1) is 3.68. The number of carboxylic acid groups (broad SMARTS) is 1. The van der Waals surface area contributed by atoms with Crippen LogP contribution in [0.2, 0.25) is 0 Å². The Bertz CT molecular complexity index is 84.1. The second kappa shape index (κ2) is 3.35. The van der Waals surface area contributed by atoms with Crippen LogP contribution in [0, 0.1) is 0 Å². The van der Waals surface area contributed by atoms with Crippen molar-refractivity contribution in [3.8, 4) is 0 Å². The number of hydrogen-bond acceptors (Lipinski definition) is 1. The van der Waals surface area contributed by atoms with E-state index in [0.717, 1.165) is 0 Å². The van der Waals surface area contributed by atoms with Gasteiger partial charge in [-0.1, -0.05) is 0 Å². The Balaban J connectivity index is 3.32. The topological polar surface area (TPSA) is 37.3 Å². The molecule has 0 saturated heterocycles. The molecule has 1 unspecified atom stereocenters. The summed E-state index contributed by atoms with van der Waals surface area (Å²) in [6.07, 6.45) is -2.59. The molecule has 0 aliphatic heterocycles. The zero-order valence-electron chi connectivity index (χ0n) is 4.10. The molecule has 0 aromatic rings. The van der Waals surface area contributed by atoms with E-state index >= 15 is 0 Å². The summed E-state index contributed by atoms with van der Waals surface area (Å²) in [6, 6.07) is 0. The van der Waals surface area contributed by atoms with Gasteiger partial charge >= 0.3 is 5.97 Å². The molecule has 0 fully saturated rings. The number of carbonyl (C=O) groups is 1. The molecular weight excluding hydrogens is 118 g/mol. The van der Waals surface area contributed by atoms with Gasteiger partial charge in [0.1, 0.15) is 0 Å². The molecule has 0 spiro atoms. The average Bonchev–Trinajstić information content (AvgIpc) is 1.67. The zero-order chi connectivity index (χ0) is 6.57. The first-order valence-electron chi connectivity index (χ1n) is 2.11. The first-order valence-corrected chi connectivity index (χ1v) is 2.11. The summed E-state index contributed by atoms with van der Waals surface area (Å²) >= 11 is 0. The third-order valence-corrected chi connectivity index (χ3v) is 0.631. The third-order valence-electron chi connectivity index (χ3n) is 0.631. The molecule has 48 valence electrons. The van der Waals surface area contributed by atoms with E-state index in [1.165, 1.54) is 0 Å². The maximum absolute atomic E-state index is 11.7. The molecule has 0 rings (SSSR count). The van der Waals surface area contributed by atoms with Crippen LogP contribution in [-0.4, -0.2) is 23.9 Å². The van der Waals surface area contributed by atoms with Crippen molar-refractivity contribution in [2.24, 2.45) is 0 Å². The number of rotatable bonds is 3. The highest BCUT2D eigenvalue weighted by molar-refractivity contribution is 5.71. The molecule has 0 bridgehead atoms. The Morgan fingerprint density at radius 3 is 2.38 bits per heavy atom. The maximum atomic E-state index is 11.7. The number of hydrogen-bond donors (Lipinski definition) is 1. The summed E-state index contributed by atoms with van der Waals surface area (Å²) < 4.78 is 22.8. The summed E-state index contributed by atoms with van der Waals surface area (Å²) in [4.78, 5) is 9.55. The van der Waals surface area contributed by atoms with Crippen LogP contribution >= 0.6 is 0 Å². The van der Waals surface area contributed by atoms with Crippen LogP contribution in [0.1, 0.15) is 6.42 Å². The molecule has 4 heteroatoms. The Hall–Kier alpha value is -0.670. The van der Waals surface area contributed by atoms with Gasteiger partial charge in [-0.2, -0.15) is 0 Å². The monoisotopic (exact) mass is 124 g/mol. The first kappa shape index (κ1) is 7.33. The van der Waals surface area contributed by atoms with Gasteiger partial charge in [-0.15, -0.1) is 0 Å². The lowest BCUT2D eigenvalue weighted by molar-refractivity contribution is -0.143. The molecule has 0 aromatic heterocycles. The molecular formula is C4H6F2O2. The Morgan fingerprint density at radius 1 is 1.75 bits per heavy atom. The predicted octanol–water partition coefficient (Wildman–Crippen LogP) is 0.769. The quantitative estimate of drug-likeness (QED) is 0.603. The Labute approximate surface area is 45.1 Å². The molecule has 0 aliphatic carbocycles. The Kier molecular flexibility index (Phi) is 3.07. The van der Waals surface area contributed by atoms with E-state index in [1.807, 2.05) is 0 Å². The molecule has 0 aromatic carbocycles. The lowest BCUT2D eigenvalue weighted by Crippen LogP contribution is -2.14. The predicted molar refractivity (Wildman–Crippen MR) is 23.1 cm³/mol. The van der Waals surface area contributed by atoms with Gasteiger partial charge in [-0.25, -0.2) is 9.18 Å². The fraction of sp³-hybridized carbons (Fsp3) is 0.750. The van der Waals surface area contributed by atoms with Crippen molar-refractivity contribution in [3.05, 3.63) is 0 Å². The maximum Gasteiger partial charge on any atom is 0.338 e. The number of alkyl halides is 2.